The van der Waals surface area contributed by atoms with Gasteiger partial charge in [0.1, 0.15) is 11.5 Å². The first kappa shape index (κ1) is 8.57. The van der Waals surface area contributed by atoms with Crippen molar-refractivity contribution in [2.24, 2.45) is 0 Å². The van der Waals surface area contributed by atoms with Gasteiger partial charge in [-0.15, -0.1) is 0 Å². The van der Waals surface area contributed by atoms with Crippen molar-refractivity contribution in [1.29, 1.82) is 0 Å². The van der Waals surface area contributed by atoms with Crippen LogP contribution in [0.4, 0.5) is 0 Å². The van der Waals surface area contributed by atoms with E-state index in [1.807, 2.05) is 43.3 Å². The maximum Gasteiger partial charge on any atom is 0.135 e. The summed E-state index contributed by atoms with van der Waals surface area (Å²) < 4.78 is 6.58. The van der Waals surface area contributed by atoms with Crippen molar-refractivity contribution in [3.8, 4) is 11.3 Å². The Morgan fingerprint density at radius 2 is 1.85 bits per heavy atom. The molecule has 0 saturated heterocycles. The van der Waals surface area contributed by atoms with Gasteiger partial charge in [0, 0.05) is 10.0 Å². The molecule has 2 rings (SSSR count). The molecule has 1 nitrogen and oxygen atoms in total. The molecule has 1 aromatic carbocycles. The topological polar surface area (TPSA) is 13.1 Å². The van der Waals surface area contributed by atoms with E-state index in [2.05, 4.69) is 15.9 Å². The van der Waals surface area contributed by atoms with Gasteiger partial charge in [0.2, 0.25) is 0 Å². The molecule has 0 bridgehead atoms. The molecule has 0 spiro atoms. The molecule has 0 N–H and O–H groups in total. The monoisotopic (exact) mass is 236 g/mol. The van der Waals surface area contributed by atoms with Gasteiger partial charge >= 0.3 is 0 Å². The van der Waals surface area contributed by atoms with Gasteiger partial charge in [-0.3, -0.25) is 0 Å². The summed E-state index contributed by atoms with van der Waals surface area (Å²) in [7, 11) is 0. The maximum absolute atomic E-state index is 5.52. The van der Waals surface area contributed by atoms with Gasteiger partial charge in [0.05, 0.1) is 0 Å². The highest BCUT2D eigenvalue weighted by atomic mass is 79.9. The van der Waals surface area contributed by atoms with Crippen LogP contribution in [0.1, 0.15) is 5.76 Å². The Labute approximate surface area is 85.5 Å². The van der Waals surface area contributed by atoms with Gasteiger partial charge in [-0.25, -0.2) is 0 Å². The first-order chi connectivity index (χ1) is 6.27. The predicted molar refractivity (Wildman–Crippen MR) is 56.6 cm³/mol. The molecule has 0 amide bonds. The van der Waals surface area contributed by atoms with Gasteiger partial charge in [0.15, 0.2) is 0 Å². The van der Waals surface area contributed by atoms with E-state index in [9.17, 15) is 0 Å². The SMILES string of the molecule is Cc1ccc(-c2ccccc2Br)o1. The predicted octanol–water partition coefficient (Wildman–Crippen LogP) is 4.02. The van der Waals surface area contributed by atoms with Crippen molar-refractivity contribution in [2.75, 3.05) is 0 Å². The van der Waals surface area contributed by atoms with Gasteiger partial charge < -0.3 is 4.42 Å². The van der Waals surface area contributed by atoms with E-state index in [4.69, 9.17) is 4.42 Å². The third-order valence-electron chi connectivity index (χ3n) is 1.88. The molecule has 1 heterocycles. The van der Waals surface area contributed by atoms with Crippen LogP contribution in [0.25, 0.3) is 11.3 Å². The average molecular weight is 237 g/mol. The fourth-order valence-electron chi connectivity index (χ4n) is 1.24. The molecule has 2 heteroatoms. The van der Waals surface area contributed by atoms with Crippen LogP contribution in [0.3, 0.4) is 0 Å². The molecule has 0 fully saturated rings. The van der Waals surface area contributed by atoms with Crippen molar-refractivity contribution in [3.05, 3.63) is 46.6 Å². The molecule has 0 aliphatic carbocycles. The minimum atomic E-state index is 0.907. The van der Waals surface area contributed by atoms with Crippen molar-refractivity contribution in [3.63, 3.8) is 0 Å². The number of benzene rings is 1. The fourth-order valence-corrected chi connectivity index (χ4v) is 1.72. The molecular formula is C11H9BrO. The molecule has 2 aromatic rings. The highest BCUT2D eigenvalue weighted by molar-refractivity contribution is 9.10. The van der Waals surface area contributed by atoms with E-state index >= 15 is 0 Å². The fraction of sp³-hybridized carbons (Fsp3) is 0.0909. The third kappa shape index (κ3) is 1.68. The van der Waals surface area contributed by atoms with Gasteiger partial charge in [-0.05, 0) is 25.1 Å². The van der Waals surface area contributed by atoms with Crippen LogP contribution in [0.15, 0.2) is 45.3 Å². The Morgan fingerprint density at radius 3 is 2.46 bits per heavy atom. The maximum atomic E-state index is 5.52. The number of hydrogen-bond donors (Lipinski definition) is 0. The number of rotatable bonds is 1. The summed E-state index contributed by atoms with van der Waals surface area (Å²) in [6.07, 6.45) is 0. The minimum Gasteiger partial charge on any atom is -0.461 e. The number of halogens is 1. The van der Waals surface area contributed by atoms with Gasteiger partial charge in [-0.2, -0.15) is 0 Å². The molecule has 0 radical (unpaired) electrons. The van der Waals surface area contributed by atoms with E-state index in [0.717, 1.165) is 21.6 Å². The van der Waals surface area contributed by atoms with Crippen LogP contribution < -0.4 is 0 Å². The molecular weight excluding hydrogens is 228 g/mol. The molecule has 0 aliphatic rings. The van der Waals surface area contributed by atoms with E-state index < -0.39 is 0 Å². The van der Waals surface area contributed by atoms with Gasteiger partial charge in [-0.1, -0.05) is 34.1 Å². The summed E-state index contributed by atoms with van der Waals surface area (Å²) in [6, 6.07) is 12.0. The largest absolute Gasteiger partial charge is 0.461 e. The lowest BCUT2D eigenvalue weighted by Gasteiger charge is -1.98. The molecule has 0 atom stereocenters. The summed E-state index contributed by atoms with van der Waals surface area (Å²) >= 11 is 3.48. The average Bonchev–Trinajstić information content (AvgIpc) is 2.53. The minimum absolute atomic E-state index is 0.907. The van der Waals surface area contributed by atoms with E-state index in [-0.39, 0.29) is 0 Å². The van der Waals surface area contributed by atoms with Crippen molar-refractivity contribution < 1.29 is 4.42 Å². The van der Waals surface area contributed by atoms with Crippen LogP contribution in [0, 0.1) is 6.92 Å². The van der Waals surface area contributed by atoms with Crippen molar-refractivity contribution >= 4 is 15.9 Å². The smallest absolute Gasteiger partial charge is 0.135 e. The van der Waals surface area contributed by atoms with Crippen molar-refractivity contribution in [1.82, 2.24) is 0 Å². The lowest BCUT2D eigenvalue weighted by atomic mass is 10.2. The van der Waals surface area contributed by atoms with Crippen LogP contribution in [-0.2, 0) is 0 Å². The first-order valence-corrected chi connectivity index (χ1v) is 4.88. The second-order valence-corrected chi connectivity index (χ2v) is 3.74. The summed E-state index contributed by atoms with van der Waals surface area (Å²) in [5.41, 5.74) is 1.09. The highest BCUT2D eigenvalue weighted by Crippen LogP contribution is 2.28. The molecule has 0 unspecified atom stereocenters. The third-order valence-corrected chi connectivity index (χ3v) is 2.57. The molecule has 0 aliphatic heterocycles. The van der Waals surface area contributed by atoms with Crippen LogP contribution in [0.2, 0.25) is 0 Å². The normalized spacial score (nSPS) is 10.3. The molecule has 13 heavy (non-hydrogen) atoms. The summed E-state index contributed by atoms with van der Waals surface area (Å²) in [5, 5.41) is 0. The Balaban J connectivity index is 2.52. The Morgan fingerprint density at radius 1 is 1.08 bits per heavy atom. The van der Waals surface area contributed by atoms with Crippen LogP contribution >= 0.6 is 15.9 Å². The Bertz CT molecular complexity index is 418. The quantitative estimate of drug-likeness (QED) is 0.730. The summed E-state index contributed by atoms with van der Waals surface area (Å²) in [4.78, 5) is 0. The second kappa shape index (κ2) is 3.38. The van der Waals surface area contributed by atoms with E-state index in [0.29, 0.717) is 0 Å². The number of furan rings is 1. The standard InChI is InChI=1S/C11H9BrO/c1-8-6-7-11(13-8)9-4-2-3-5-10(9)12/h2-7H,1H3. The lowest BCUT2D eigenvalue weighted by molar-refractivity contribution is 0.548. The second-order valence-electron chi connectivity index (χ2n) is 2.89. The Hall–Kier alpha value is -1.02. The zero-order chi connectivity index (χ0) is 9.26. The summed E-state index contributed by atoms with van der Waals surface area (Å²) in [5.74, 6) is 1.84. The van der Waals surface area contributed by atoms with Crippen LogP contribution in [0.5, 0.6) is 0 Å². The molecule has 66 valence electrons. The van der Waals surface area contributed by atoms with E-state index in [1.54, 1.807) is 0 Å². The number of aryl methyl sites for hydroxylation is 1. The van der Waals surface area contributed by atoms with Crippen molar-refractivity contribution in [2.45, 2.75) is 6.92 Å². The summed E-state index contributed by atoms with van der Waals surface area (Å²) in [6.45, 7) is 1.94. The van der Waals surface area contributed by atoms with Gasteiger partial charge in [0.25, 0.3) is 0 Å². The Kier molecular flexibility index (Phi) is 2.23. The highest BCUT2D eigenvalue weighted by Gasteiger charge is 2.04. The molecule has 0 saturated carbocycles. The lowest BCUT2D eigenvalue weighted by Crippen LogP contribution is -1.74. The zero-order valence-corrected chi connectivity index (χ0v) is 8.84. The van der Waals surface area contributed by atoms with Crippen LogP contribution in [-0.4, -0.2) is 0 Å². The number of hydrogen-bond acceptors (Lipinski definition) is 1. The van der Waals surface area contributed by atoms with E-state index in [1.165, 1.54) is 0 Å². The first-order valence-electron chi connectivity index (χ1n) is 4.09. The molecule has 1 aromatic heterocycles. The zero-order valence-electron chi connectivity index (χ0n) is 7.25.